The number of hydrogen-bond acceptors (Lipinski definition) is 6. The molecule has 132 valence electrons. The number of halogens is 1. The Morgan fingerprint density at radius 1 is 1.36 bits per heavy atom. The summed E-state index contributed by atoms with van der Waals surface area (Å²) in [4.78, 5) is 9.32. The van der Waals surface area contributed by atoms with Crippen LogP contribution in [0.1, 0.15) is 25.6 Å². The van der Waals surface area contributed by atoms with Gasteiger partial charge in [0.1, 0.15) is 5.75 Å². The molecule has 1 atom stereocenters. The van der Waals surface area contributed by atoms with Gasteiger partial charge in [0.2, 0.25) is 0 Å². The first-order valence-electron chi connectivity index (χ1n) is 7.95. The molecule has 0 aliphatic rings. The van der Waals surface area contributed by atoms with Crippen LogP contribution in [-0.4, -0.2) is 39.5 Å². The van der Waals surface area contributed by atoms with Gasteiger partial charge < -0.3 is 10.1 Å². The molecule has 0 saturated heterocycles. The van der Waals surface area contributed by atoms with Crippen molar-refractivity contribution in [2.45, 2.75) is 25.0 Å². The van der Waals surface area contributed by atoms with Crippen molar-refractivity contribution in [3.8, 4) is 17.0 Å². The summed E-state index contributed by atoms with van der Waals surface area (Å²) in [7, 11) is 1.66. The van der Waals surface area contributed by atoms with E-state index in [1.165, 1.54) is 0 Å². The van der Waals surface area contributed by atoms with Crippen LogP contribution in [0.4, 0.5) is 0 Å². The van der Waals surface area contributed by atoms with Gasteiger partial charge in [-0.2, -0.15) is 5.10 Å². The molecule has 0 aliphatic heterocycles. The van der Waals surface area contributed by atoms with Crippen LogP contribution in [0.3, 0.4) is 0 Å². The summed E-state index contributed by atoms with van der Waals surface area (Å²) in [6.07, 6.45) is 5.62. The Labute approximate surface area is 164 Å². The monoisotopic (exact) mass is 469 g/mol. The molecule has 8 heteroatoms. The third kappa shape index (κ3) is 3.61. The van der Waals surface area contributed by atoms with E-state index >= 15 is 0 Å². The molecule has 0 fully saturated rings. The van der Waals surface area contributed by atoms with Crippen LogP contribution in [0.5, 0.6) is 5.75 Å². The second kappa shape index (κ2) is 7.88. The Morgan fingerprint density at radius 2 is 2.16 bits per heavy atom. The van der Waals surface area contributed by atoms with Gasteiger partial charge in [0, 0.05) is 11.6 Å². The fourth-order valence-corrected chi connectivity index (χ4v) is 3.69. The summed E-state index contributed by atoms with van der Waals surface area (Å²) in [5.41, 5.74) is 3.80. The molecular formula is C17H20IN5OS. The maximum atomic E-state index is 5.54. The quantitative estimate of drug-likeness (QED) is 0.337. The first kappa shape index (κ1) is 18.4. The number of aromatic nitrogens is 4. The van der Waals surface area contributed by atoms with Gasteiger partial charge in [-0.15, -0.1) is 0 Å². The van der Waals surface area contributed by atoms with Crippen molar-refractivity contribution in [2.24, 2.45) is 0 Å². The first-order valence-corrected chi connectivity index (χ1v) is 10.2. The van der Waals surface area contributed by atoms with Gasteiger partial charge in [0.25, 0.3) is 0 Å². The molecule has 3 heterocycles. The van der Waals surface area contributed by atoms with Crippen molar-refractivity contribution < 1.29 is 4.74 Å². The van der Waals surface area contributed by atoms with E-state index in [-0.39, 0.29) is 6.04 Å². The summed E-state index contributed by atoms with van der Waals surface area (Å²) < 4.78 is 8.49. The molecule has 0 bridgehead atoms. The molecule has 6 nitrogen and oxygen atoms in total. The number of thioether (sulfide) groups is 1. The topological polar surface area (TPSA) is 64.3 Å². The predicted molar refractivity (Wildman–Crippen MR) is 109 cm³/mol. The fraction of sp³-hybridized carbons (Fsp3) is 0.353. The van der Waals surface area contributed by atoms with Crippen molar-refractivity contribution in [1.82, 2.24) is 24.9 Å². The second-order valence-corrected chi connectivity index (χ2v) is 7.44. The van der Waals surface area contributed by atoms with Gasteiger partial charge in [0.05, 0.1) is 40.0 Å². The zero-order valence-corrected chi connectivity index (χ0v) is 17.6. The number of pyridine rings is 1. The molecule has 0 unspecified atom stereocenters. The molecule has 0 radical (unpaired) electrons. The molecule has 0 saturated carbocycles. The predicted octanol–water partition coefficient (Wildman–Crippen LogP) is 3.80. The molecule has 0 aliphatic carbocycles. The lowest BCUT2D eigenvalue weighted by molar-refractivity contribution is 0.413. The second-order valence-electron chi connectivity index (χ2n) is 5.51. The normalized spacial score (nSPS) is 12.5. The van der Waals surface area contributed by atoms with E-state index in [4.69, 9.17) is 9.72 Å². The molecular weight excluding hydrogens is 449 g/mol. The van der Waals surface area contributed by atoms with Gasteiger partial charge in [-0.3, -0.25) is 4.98 Å². The number of rotatable bonds is 6. The van der Waals surface area contributed by atoms with Gasteiger partial charge in [-0.1, -0.05) is 18.7 Å². The number of ether oxygens (including phenoxy) is 1. The van der Waals surface area contributed by atoms with E-state index in [0.717, 1.165) is 37.7 Å². The molecule has 3 rings (SSSR count). The van der Waals surface area contributed by atoms with E-state index in [0.29, 0.717) is 5.75 Å². The van der Waals surface area contributed by atoms with Gasteiger partial charge in [0.15, 0.2) is 5.16 Å². The van der Waals surface area contributed by atoms with Crippen molar-refractivity contribution >= 4 is 39.9 Å². The van der Waals surface area contributed by atoms with Crippen LogP contribution in [-0.2, 0) is 0 Å². The average Bonchev–Trinajstić information content (AvgIpc) is 3.01. The standard InChI is InChI=1S/C17H20IN5OS/c1-5-19-10(2)13-6-11(16(24-3)9-20-13)14-7-15-12(18)8-21-23(15)17(22-14)25-4/h6-10,19H,5H2,1-4H3/t10-/m1/s1. The van der Waals surface area contributed by atoms with Gasteiger partial charge in [-0.05, 0) is 54.4 Å². The summed E-state index contributed by atoms with van der Waals surface area (Å²) in [6.45, 7) is 5.08. The Bertz CT molecular complexity index is 898. The SMILES string of the molecule is CCN[C@H](C)c1cc(-c2cc3c(I)cnn3c(SC)n2)c(OC)cn1. The number of fused-ring (bicyclic) bond motifs is 1. The van der Waals surface area contributed by atoms with E-state index in [2.05, 4.69) is 57.9 Å². The van der Waals surface area contributed by atoms with Crippen LogP contribution in [0.15, 0.2) is 29.7 Å². The van der Waals surface area contributed by atoms with Crippen molar-refractivity contribution in [2.75, 3.05) is 19.9 Å². The van der Waals surface area contributed by atoms with Crippen LogP contribution < -0.4 is 10.1 Å². The van der Waals surface area contributed by atoms with Crippen LogP contribution in [0.2, 0.25) is 0 Å². The summed E-state index contributed by atoms with van der Waals surface area (Å²) in [5.74, 6) is 0.714. The maximum Gasteiger partial charge on any atom is 0.189 e. The molecule has 3 aromatic heterocycles. The Morgan fingerprint density at radius 3 is 2.84 bits per heavy atom. The minimum Gasteiger partial charge on any atom is -0.494 e. The summed E-state index contributed by atoms with van der Waals surface area (Å²) >= 11 is 3.86. The highest BCUT2D eigenvalue weighted by atomic mass is 127. The lowest BCUT2D eigenvalue weighted by atomic mass is 10.1. The molecule has 25 heavy (non-hydrogen) atoms. The largest absolute Gasteiger partial charge is 0.494 e. The van der Waals surface area contributed by atoms with Crippen LogP contribution in [0, 0.1) is 3.57 Å². The number of nitrogens with one attached hydrogen (secondary N) is 1. The molecule has 0 spiro atoms. The number of methoxy groups -OCH3 is 1. The first-order chi connectivity index (χ1) is 12.1. The number of nitrogens with zero attached hydrogens (tertiary/aromatic N) is 4. The minimum absolute atomic E-state index is 0.161. The van der Waals surface area contributed by atoms with Crippen LogP contribution in [0.25, 0.3) is 16.8 Å². The smallest absolute Gasteiger partial charge is 0.189 e. The van der Waals surface area contributed by atoms with E-state index in [1.54, 1.807) is 25.1 Å². The Kier molecular flexibility index (Phi) is 5.80. The van der Waals surface area contributed by atoms with Gasteiger partial charge >= 0.3 is 0 Å². The Hall–Kier alpha value is -1.39. The zero-order valence-electron chi connectivity index (χ0n) is 14.6. The van der Waals surface area contributed by atoms with Crippen LogP contribution >= 0.6 is 34.4 Å². The summed E-state index contributed by atoms with van der Waals surface area (Å²) in [5, 5.41) is 8.64. The van der Waals surface area contributed by atoms with Crippen molar-refractivity contribution in [1.29, 1.82) is 0 Å². The lowest BCUT2D eigenvalue weighted by Gasteiger charge is -2.15. The minimum atomic E-state index is 0.161. The fourth-order valence-electron chi connectivity index (χ4n) is 2.67. The Balaban J connectivity index is 2.18. The third-order valence-corrected chi connectivity index (χ3v) is 5.41. The highest BCUT2D eigenvalue weighted by molar-refractivity contribution is 14.1. The molecule has 0 amide bonds. The molecule has 1 N–H and O–H groups in total. The van der Waals surface area contributed by atoms with Crippen molar-refractivity contribution in [3.05, 3.63) is 33.8 Å². The molecule has 0 aromatic carbocycles. The van der Waals surface area contributed by atoms with Gasteiger partial charge in [-0.25, -0.2) is 9.50 Å². The average molecular weight is 469 g/mol. The number of hydrogen-bond donors (Lipinski definition) is 1. The van der Waals surface area contributed by atoms with E-state index < -0.39 is 0 Å². The highest BCUT2D eigenvalue weighted by Crippen LogP contribution is 2.33. The maximum absolute atomic E-state index is 5.54. The molecule has 3 aromatic rings. The highest BCUT2D eigenvalue weighted by Gasteiger charge is 2.16. The lowest BCUT2D eigenvalue weighted by Crippen LogP contribution is -2.18. The van der Waals surface area contributed by atoms with E-state index in [1.807, 2.05) is 23.0 Å². The third-order valence-electron chi connectivity index (χ3n) is 3.95. The summed E-state index contributed by atoms with van der Waals surface area (Å²) in [6, 6.07) is 4.26. The zero-order chi connectivity index (χ0) is 18.0. The van der Waals surface area contributed by atoms with E-state index in [9.17, 15) is 0 Å². The van der Waals surface area contributed by atoms with Crippen molar-refractivity contribution in [3.63, 3.8) is 0 Å².